The van der Waals surface area contributed by atoms with Crippen LogP contribution in [0.1, 0.15) is 0 Å². The molecule has 0 heterocycles. The second kappa shape index (κ2) is 3.92. The van der Waals surface area contributed by atoms with Crippen LogP contribution in [0.5, 0.6) is 0 Å². The van der Waals surface area contributed by atoms with Gasteiger partial charge in [-0.1, -0.05) is 0 Å². The first-order valence-electron chi connectivity index (χ1n) is 3.88. The fourth-order valence-electron chi connectivity index (χ4n) is 1.28. The molecular weight excluding hydrogens is 266 g/mol. The quantitative estimate of drug-likeness (QED) is 0.700. The molecule has 66 valence electrons. The van der Waals surface area contributed by atoms with Crippen LogP contribution in [0, 0.1) is 0 Å². The van der Waals surface area contributed by atoms with E-state index in [0.29, 0.717) is 0 Å². The molecule has 0 aliphatic rings. The minimum atomic E-state index is -1.75. The summed E-state index contributed by atoms with van der Waals surface area (Å²) >= 11 is -1.75. The van der Waals surface area contributed by atoms with Crippen molar-refractivity contribution in [2.24, 2.45) is 0 Å². The van der Waals surface area contributed by atoms with Crippen LogP contribution in [0.15, 0.2) is 42.5 Å². The summed E-state index contributed by atoms with van der Waals surface area (Å²) in [5.41, 5.74) is 0. The fraction of sp³-hybridized carbons (Fsp3) is 0. The van der Waals surface area contributed by atoms with Gasteiger partial charge in [-0.2, -0.15) is 0 Å². The molecular formula is C10H7AsCl2. The average molecular weight is 273 g/mol. The van der Waals surface area contributed by atoms with E-state index in [-0.39, 0.29) is 0 Å². The summed E-state index contributed by atoms with van der Waals surface area (Å²) in [6.45, 7) is 0. The molecule has 0 saturated heterocycles. The average Bonchev–Trinajstić information content (AvgIpc) is 2.17. The van der Waals surface area contributed by atoms with Gasteiger partial charge in [0.15, 0.2) is 0 Å². The molecule has 0 aliphatic carbocycles. The molecule has 0 saturated carbocycles. The zero-order valence-corrected chi connectivity index (χ0v) is 10.1. The van der Waals surface area contributed by atoms with E-state index in [1.165, 1.54) is 10.8 Å². The van der Waals surface area contributed by atoms with Gasteiger partial charge in [-0.05, 0) is 0 Å². The monoisotopic (exact) mass is 272 g/mol. The van der Waals surface area contributed by atoms with Gasteiger partial charge >= 0.3 is 90.3 Å². The maximum atomic E-state index is 5.91. The third kappa shape index (κ3) is 2.02. The van der Waals surface area contributed by atoms with Crippen LogP contribution >= 0.6 is 19.9 Å². The molecule has 0 aliphatic heterocycles. The predicted octanol–water partition coefficient (Wildman–Crippen LogP) is 3.01. The Morgan fingerprint density at radius 3 is 2.23 bits per heavy atom. The van der Waals surface area contributed by atoms with Crippen molar-refractivity contribution in [2.45, 2.75) is 0 Å². The summed E-state index contributed by atoms with van der Waals surface area (Å²) in [5.74, 6) is 0. The standard InChI is InChI=1S/C10H7AsCl2/c12-11(13)10-6-5-8-3-1-2-4-9(8)7-10/h1-7H. The third-order valence-electron chi connectivity index (χ3n) is 1.93. The Kier molecular flexibility index (Phi) is 2.83. The van der Waals surface area contributed by atoms with Gasteiger partial charge in [-0.25, -0.2) is 0 Å². The predicted molar refractivity (Wildman–Crippen MR) is 61.0 cm³/mol. The zero-order chi connectivity index (χ0) is 9.26. The van der Waals surface area contributed by atoms with E-state index in [1.54, 1.807) is 0 Å². The molecule has 0 radical (unpaired) electrons. The van der Waals surface area contributed by atoms with Gasteiger partial charge in [-0.3, -0.25) is 0 Å². The van der Waals surface area contributed by atoms with E-state index >= 15 is 0 Å². The number of fused-ring (bicyclic) bond motifs is 1. The zero-order valence-electron chi connectivity index (χ0n) is 6.74. The van der Waals surface area contributed by atoms with E-state index in [1.807, 2.05) is 18.2 Å². The van der Waals surface area contributed by atoms with Crippen molar-refractivity contribution in [1.29, 1.82) is 0 Å². The van der Waals surface area contributed by atoms with Crippen molar-refractivity contribution < 1.29 is 0 Å². The van der Waals surface area contributed by atoms with E-state index in [2.05, 4.69) is 24.3 Å². The van der Waals surface area contributed by atoms with Crippen molar-refractivity contribution in [3.05, 3.63) is 42.5 Å². The van der Waals surface area contributed by atoms with Gasteiger partial charge in [0.2, 0.25) is 0 Å². The number of halogens is 2. The van der Waals surface area contributed by atoms with Gasteiger partial charge in [0.05, 0.1) is 0 Å². The second-order valence-electron chi connectivity index (χ2n) is 2.76. The molecule has 0 bridgehead atoms. The SMILES string of the molecule is Cl[As](Cl)c1ccc2ccccc2c1. The molecule has 0 spiro atoms. The molecule has 2 rings (SSSR count). The molecule has 0 fully saturated rings. The Hall–Kier alpha value is -0.162. The Morgan fingerprint density at radius 2 is 1.54 bits per heavy atom. The second-order valence-corrected chi connectivity index (χ2v) is 9.24. The Labute approximate surface area is 90.0 Å². The van der Waals surface area contributed by atoms with Crippen LogP contribution in [-0.4, -0.2) is 12.8 Å². The normalized spacial score (nSPS) is 11.0. The third-order valence-corrected chi connectivity index (χ3v) is 5.36. The summed E-state index contributed by atoms with van der Waals surface area (Å²) in [4.78, 5) is 0. The molecule has 0 N–H and O–H groups in total. The van der Waals surface area contributed by atoms with Crippen molar-refractivity contribution >= 4 is 47.8 Å². The minimum absolute atomic E-state index is 1.09. The van der Waals surface area contributed by atoms with Crippen LogP contribution in [0.3, 0.4) is 0 Å². The topological polar surface area (TPSA) is 0 Å². The van der Waals surface area contributed by atoms with E-state index in [0.717, 1.165) is 4.35 Å². The van der Waals surface area contributed by atoms with Crippen molar-refractivity contribution in [2.75, 3.05) is 0 Å². The number of rotatable bonds is 1. The number of hydrogen-bond donors (Lipinski definition) is 0. The van der Waals surface area contributed by atoms with Crippen molar-refractivity contribution in [3.8, 4) is 0 Å². The van der Waals surface area contributed by atoms with Gasteiger partial charge < -0.3 is 0 Å². The van der Waals surface area contributed by atoms with Crippen LogP contribution < -0.4 is 4.35 Å². The van der Waals surface area contributed by atoms with Gasteiger partial charge in [0.25, 0.3) is 0 Å². The van der Waals surface area contributed by atoms with E-state index in [4.69, 9.17) is 19.9 Å². The van der Waals surface area contributed by atoms with E-state index in [9.17, 15) is 0 Å². The maximum absolute atomic E-state index is 5.91. The van der Waals surface area contributed by atoms with E-state index < -0.39 is 12.8 Å². The summed E-state index contributed by atoms with van der Waals surface area (Å²) < 4.78 is 1.09. The van der Waals surface area contributed by atoms with Crippen LogP contribution in [0.4, 0.5) is 0 Å². The molecule has 0 nitrogen and oxygen atoms in total. The molecule has 2 aromatic rings. The molecule has 0 amide bonds. The summed E-state index contributed by atoms with van der Waals surface area (Å²) in [6, 6.07) is 14.4. The number of hydrogen-bond acceptors (Lipinski definition) is 0. The summed E-state index contributed by atoms with van der Waals surface area (Å²) in [6.07, 6.45) is 0. The first-order valence-corrected chi connectivity index (χ1v) is 9.75. The van der Waals surface area contributed by atoms with Crippen LogP contribution in [-0.2, 0) is 0 Å². The molecule has 0 unspecified atom stereocenters. The van der Waals surface area contributed by atoms with Gasteiger partial charge in [0, 0.05) is 0 Å². The first kappa shape index (κ1) is 9.40. The number of benzene rings is 2. The van der Waals surface area contributed by atoms with Crippen LogP contribution in [0.2, 0.25) is 0 Å². The van der Waals surface area contributed by atoms with Crippen molar-refractivity contribution in [1.82, 2.24) is 0 Å². The Balaban J connectivity index is 2.62. The van der Waals surface area contributed by atoms with Crippen molar-refractivity contribution in [3.63, 3.8) is 0 Å². The van der Waals surface area contributed by atoms with Gasteiger partial charge in [0.1, 0.15) is 0 Å². The first-order chi connectivity index (χ1) is 6.27. The van der Waals surface area contributed by atoms with Crippen LogP contribution in [0.25, 0.3) is 10.8 Å². The molecule has 13 heavy (non-hydrogen) atoms. The summed E-state index contributed by atoms with van der Waals surface area (Å²) in [7, 11) is 11.8. The Bertz CT molecular complexity index is 426. The molecule has 2 aromatic carbocycles. The molecule has 3 heteroatoms. The Morgan fingerprint density at radius 1 is 0.846 bits per heavy atom. The summed E-state index contributed by atoms with van der Waals surface area (Å²) in [5, 5.41) is 2.44. The van der Waals surface area contributed by atoms with Gasteiger partial charge in [-0.15, -0.1) is 0 Å². The molecule has 0 aromatic heterocycles. The molecule has 0 atom stereocenters. The fourth-order valence-corrected chi connectivity index (χ4v) is 3.26.